The molecule has 3 heterocycles. The van der Waals surface area contributed by atoms with Crippen molar-refractivity contribution in [1.82, 2.24) is 15.3 Å². The van der Waals surface area contributed by atoms with Crippen molar-refractivity contribution >= 4 is 43.5 Å². The Balaban J connectivity index is 1.32. The van der Waals surface area contributed by atoms with Gasteiger partial charge in [-0.15, -0.1) is 0 Å². The summed E-state index contributed by atoms with van der Waals surface area (Å²) in [7, 11) is 0. The summed E-state index contributed by atoms with van der Waals surface area (Å²) < 4.78 is 1.09. The predicted octanol–water partition coefficient (Wildman–Crippen LogP) is 5.55. The lowest BCUT2D eigenvalue weighted by Crippen LogP contribution is -2.49. The van der Waals surface area contributed by atoms with Crippen LogP contribution >= 0.6 is 11.3 Å². The molecule has 158 valence electrons. The number of hydrogen-bond donors (Lipinski definition) is 3. The second kappa shape index (κ2) is 7.77. The molecule has 5 nitrogen and oxygen atoms in total. The Kier molecular flexibility index (Phi) is 4.77. The summed E-state index contributed by atoms with van der Waals surface area (Å²) in [6, 6.07) is 16.4. The molecule has 2 aliphatic rings. The number of amides is 1. The summed E-state index contributed by atoms with van der Waals surface area (Å²) in [4.78, 5) is 21.6. The summed E-state index contributed by atoms with van der Waals surface area (Å²) in [6.45, 7) is 0. The van der Waals surface area contributed by atoms with E-state index in [1.54, 1.807) is 0 Å². The molecular weight excluding hydrogens is 404 g/mol. The number of thiazole rings is 1. The second-order valence-electron chi connectivity index (χ2n) is 8.84. The van der Waals surface area contributed by atoms with Crippen LogP contribution in [0.5, 0.6) is 0 Å². The van der Waals surface area contributed by atoms with Gasteiger partial charge in [-0.2, -0.15) is 0 Å². The lowest BCUT2D eigenvalue weighted by molar-refractivity contribution is -0.118. The molecule has 1 aliphatic heterocycles. The van der Waals surface area contributed by atoms with E-state index >= 15 is 0 Å². The third-order valence-electron chi connectivity index (χ3n) is 6.91. The van der Waals surface area contributed by atoms with Crippen molar-refractivity contribution in [1.29, 1.82) is 0 Å². The highest BCUT2D eigenvalue weighted by Gasteiger charge is 2.37. The molecule has 2 atom stereocenters. The standard InChI is InChI=1S/C25H26N4OS/c30-24(29-25-28-19-12-6-7-13-21(19)31-25)20-14-17-16-10-4-5-11-18(16)26-23(17)22(27-20)15-8-2-1-3-9-15/h4-7,10-13,15,20,22,26-27H,1-3,8-9,14H2,(H,28,29,30)/t20-,22-/m1/s1. The maximum atomic E-state index is 13.3. The van der Waals surface area contributed by atoms with Gasteiger partial charge in [0.1, 0.15) is 0 Å². The van der Waals surface area contributed by atoms with E-state index in [-0.39, 0.29) is 18.0 Å². The number of hydrogen-bond acceptors (Lipinski definition) is 4. The van der Waals surface area contributed by atoms with Gasteiger partial charge in [-0.1, -0.05) is 60.9 Å². The molecule has 6 rings (SSSR count). The fourth-order valence-corrected chi connectivity index (χ4v) is 6.26. The van der Waals surface area contributed by atoms with Gasteiger partial charge in [-0.05, 0) is 48.9 Å². The van der Waals surface area contributed by atoms with Crippen molar-refractivity contribution in [2.24, 2.45) is 5.92 Å². The zero-order valence-corrected chi connectivity index (χ0v) is 18.2. The zero-order chi connectivity index (χ0) is 20.8. The Morgan fingerprint density at radius 1 is 1.03 bits per heavy atom. The largest absolute Gasteiger partial charge is 0.357 e. The highest BCUT2D eigenvalue weighted by Crippen LogP contribution is 2.40. The smallest absolute Gasteiger partial charge is 0.243 e. The summed E-state index contributed by atoms with van der Waals surface area (Å²) in [5.74, 6) is 0.578. The molecule has 0 bridgehead atoms. The molecule has 0 saturated heterocycles. The molecule has 3 N–H and O–H groups in total. The monoisotopic (exact) mass is 430 g/mol. The number of nitrogens with zero attached hydrogens (tertiary/aromatic N) is 1. The van der Waals surface area contributed by atoms with Crippen LogP contribution in [-0.4, -0.2) is 21.9 Å². The first-order valence-corrected chi connectivity index (χ1v) is 12.1. The molecule has 1 amide bonds. The Morgan fingerprint density at radius 2 is 1.84 bits per heavy atom. The van der Waals surface area contributed by atoms with Gasteiger partial charge < -0.3 is 10.3 Å². The van der Waals surface area contributed by atoms with E-state index < -0.39 is 0 Å². The third kappa shape index (κ3) is 3.44. The Morgan fingerprint density at radius 3 is 2.71 bits per heavy atom. The highest BCUT2D eigenvalue weighted by molar-refractivity contribution is 7.22. The third-order valence-corrected chi connectivity index (χ3v) is 7.86. The first-order chi connectivity index (χ1) is 15.3. The summed E-state index contributed by atoms with van der Waals surface area (Å²) in [5.41, 5.74) is 4.69. The molecule has 0 unspecified atom stereocenters. The molecule has 1 saturated carbocycles. The molecule has 2 aromatic heterocycles. The van der Waals surface area contributed by atoms with E-state index in [2.05, 4.69) is 44.9 Å². The zero-order valence-electron chi connectivity index (χ0n) is 17.4. The van der Waals surface area contributed by atoms with Crippen LogP contribution in [0, 0.1) is 5.92 Å². The molecule has 1 aliphatic carbocycles. The number of aromatic nitrogens is 2. The number of anilines is 1. The van der Waals surface area contributed by atoms with Gasteiger partial charge in [0.15, 0.2) is 5.13 Å². The second-order valence-corrected chi connectivity index (χ2v) is 9.87. The number of rotatable bonds is 3. The number of fused-ring (bicyclic) bond motifs is 4. The van der Waals surface area contributed by atoms with E-state index in [9.17, 15) is 4.79 Å². The summed E-state index contributed by atoms with van der Waals surface area (Å²) in [5, 5.41) is 8.74. The Bertz CT molecular complexity index is 1220. The molecule has 1 fully saturated rings. The number of benzene rings is 2. The van der Waals surface area contributed by atoms with E-state index in [0.717, 1.165) is 10.2 Å². The maximum absolute atomic E-state index is 13.3. The lowest BCUT2D eigenvalue weighted by atomic mass is 9.79. The van der Waals surface area contributed by atoms with Gasteiger partial charge in [0.2, 0.25) is 5.91 Å². The predicted molar refractivity (Wildman–Crippen MR) is 126 cm³/mol. The van der Waals surface area contributed by atoms with E-state index in [1.165, 1.54) is 65.6 Å². The Labute approximate surface area is 185 Å². The van der Waals surface area contributed by atoms with E-state index in [4.69, 9.17) is 0 Å². The van der Waals surface area contributed by atoms with Crippen LogP contribution in [0.25, 0.3) is 21.1 Å². The average molecular weight is 431 g/mol. The van der Waals surface area contributed by atoms with Crippen molar-refractivity contribution in [3.8, 4) is 0 Å². The molecule has 2 aromatic carbocycles. The molecular formula is C25H26N4OS. The fourth-order valence-electron chi connectivity index (χ4n) is 5.40. The average Bonchev–Trinajstić information content (AvgIpc) is 3.39. The molecule has 6 heteroatoms. The van der Waals surface area contributed by atoms with Crippen LogP contribution in [0.3, 0.4) is 0 Å². The molecule has 31 heavy (non-hydrogen) atoms. The van der Waals surface area contributed by atoms with Gasteiger partial charge >= 0.3 is 0 Å². The van der Waals surface area contributed by atoms with Crippen LogP contribution < -0.4 is 10.6 Å². The fraction of sp³-hybridized carbons (Fsp3) is 0.360. The number of aromatic amines is 1. The highest BCUT2D eigenvalue weighted by atomic mass is 32.1. The minimum absolute atomic E-state index is 0.01000. The molecule has 0 spiro atoms. The van der Waals surface area contributed by atoms with Crippen molar-refractivity contribution in [3.05, 3.63) is 59.8 Å². The minimum Gasteiger partial charge on any atom is -0.357 e. The van der Waals surface area contributed by atoms with E-state index in [0.29, 0.717) is 17.5 Å². The number of nitrogens with one attached hydrogen (secondary N) is 3. The van der Waals surface area contributed by atoms with Gasteiger partial charge in [-0.25, -0.2) is 4.98 Å². The van der Waals surface area contributed by atoms with Crippen molar-refractivity contribution in [2.45, 2.75) is 50.6 Å². The van der Waals surface area contributed by atoms with Crippen molar-refractivity contribution in [3.63, 3.8) is 0 Å². The van der Waals surface area contributed by atoms with Crippen LogP contribution in [-0.2, 0) is 11.2 Å². The van der Waals surface area contributed by atoms with Crippen LogP contribution in [0.2, 0.25) is 0 Å². The number of H-pyrrole nitrogens is 1. The van der Waals surface area contributed by atoms with Crippen molar-refractivity contribution in [2.75, 3.05) is 5.32 Å². The first kappa shape index (κ1) is 19.0. The minimum atomic E-state index is -0.259. The number of carbonyl (C=O) groups is 1. The van der Waals surface area contributed by atoms with Crippen LogP contribution in [0.15, 0.2) is 48.5 Å². The normalized spacial score (nSPS) is 21.9. The first-order valence-electron chi connectivity index (χ1n) is 11.3. The van der Waals surface area contributed by atoms with Crippen LogP contribution in [0.4, 0.5) is 5.13 Å². The number of carbonyl (C=O) groups excluding carboxylic acids is 1. The van der Waals surface area contributed by atoms with E-state index in [1.807, 2.05) is 24.3 Å². The quantitative estimate of drug-likeness (QED) is 0.399. The van der Waals surface area contributed by atoms with Gasteiger partial charge in [-0.3, -0.25) is 10.1 Å². The van der Waals surface area contributed by atoms with Crippen LogP contribution in [0.1, 0.15) is 49.4 Å². The van der Waals surface area contributed by atoms with Gasteiger partial charge in [0, 0.05) is 16.6 Å². The van der Waals surface area contributed by atoms with Gasteiger partial charge in [0.25, 0.3) is 0 Å². The van der Waals surface area contributed by atoms with Gasteiger partial charge in [0.05, 0.1) is 22.3 Å². The maximum Gasteiger partial charge on any atom is 0.243 e. The molecule has 4 aromatic rings. The topological polar surface area (TPSA) is 69.8 Å². The summed E-state index contributed by atoms with van der Waals surface area (Å²) >= 11 is 1.53. The molecule has 0 radical (unpaired) electrons. The SMILES string of the molecule is O=C(Nc1nc2ccccc2s1)[C@H]1Cc2c([nH]c3ccccc23)[C@@H](C2CCCCC2)N1. The van der Waals surface area contributed by atoms with Crippen molar-refractivity contribution < 1.29 is 4.79 Å². The number of para-hydroxylation sites is 2. The summed E-state index contributed by atoms with van der Waals surface area (Å²) in [6.07, 6.45) is 7.02. The Hall–Kier alpha value is -2.70. The lowest BCUT2D eigenvalue weighted by Gasteiger charge is -2.37.